The molecule has 0 aliphatic heterocycles. The van der Waals surface area contributed by atoms with E-state index >= 15 is 0 Å². The summed E-state index contributed by atoms with van der Waals surface area (Å²) in [7, 11) is 0. The van der Waals surface area contributed by atoms with E-state index in [-0.39, 0.29) is 17.5 Å². The number of carbonyl (C=O) groups excluding carboxylic acids is 1. The molecule has 1 aromatic heterocycles. The molecule has 0 radical (unpaired) electrons. The van der Waals surface area contributed by atoms with Gasteiger partial charge >= 0.3 is 0 Å². The first-order chi connectivity index (χ1) is 15.1. The molecule has 1 aliphatic carbocycles. The Labute approximate surface area is 181 Å². The van der Waals surface area contributed by atoms with Gasteiger partial charge in [0.15, 0.2) is 0 Å². The van der Waals surface area contributed by atoms with E-state index in [1.54, 1.807) is 6.07 Å². The number of amides is 1. The Hall–Kier alpha value is -3.73. The van der Waals surface area contributed by atoms with Gasteiger partial charge in [-0.1, -0.05) is 73.3 Å². The lowest BCUT2D eigenvalue weighted by Gasteiger charge is -2.19. The Morgan fingerprint density at radius 3 is 2.68 bits per heavy atom. The Morgan fingerprint density at radius 2 is 1.87 bits per heavy atom. The highest BCUT2D eigenvalue weighted by molar-refractivity contribution is 5.93. The number of carbonyl (C=O) groups is 1. The fourth-order valence-corrected chi connectivity index (χ4v) is 3.81. The molecule has 0 spiro atoms. The fourth-order valence-electron chi connectivity index (χ4n) is 3.81. The van der Waals surface area contributed by atoms with E-state index in [0.29, 0.717) is 17.5 Å². The van der Waals surface area contributed by atoms with Crippen LogP contribution in [0.3, 0.4) is 0 Å². The van der Waals surface area contributed by atoms with Crippen LogP contribution in [0.1, 0.15) is 24.8 Å². The van der Waals surface area contributed by atoms with Crippen molar-refractivity contribution in [2.24, 2.45) is 0 Å². The zero-order chi connectivity index (χ0) is 21.6. The van der Waals surface area contributed by atoms with E-state index in [1.165, 1.54) is 0 Å². The number of H-pyrrole nitrogens is 1. The highest BCUT2D eigenvalue weighted by Gasteiger charge is 2.15. The lowest BCUT2D eigenvalue weighted by Crippen LogP contribution is -2.36. The quantitative estimate of drug-likeness (QED) is 0.665. The highest BCUT2D eigenvalue weighted by atomic mass is 16.1. The number of allylic oxidation sites excluding steroid dienone is 3. The molecule has 2 N–H and O–H groups in total. The SMILES string of the molecule is C=C1/C=C\C=C/CCC[C@H]1NC(=O)Cc1ccc(-c2n[nH]c(=O)c3ccccc23)cc1. The summed E-state index contributed by atoms with van der Waals surface area (Å²) in [5, 5.41) is 11.3. The van der Waals surface area contributed by atoms with Gasteiger partial charge in [0.05, 0.1) is 23.5 Å². The summed E-state index contributed by atoms with van der Waals surface area (Å²) in [5.41, 5.74) is 3.24. The summed E-state index contributed by atoms with van der Waals surface area (Å²) in [6, 6.07) is 15.1. The highest BCUT2D eigenvalue weighted by Crippen LogP contribution is 2.24. The molecule has 0 bridgehead atoms. The molecular weight excluding hydrogens is 386 g/mol. The number of aromatic amines is 1. The molecular formula is C26H25N3O2. The van der Waals surface area contributed by atoms with Crippen LogP contribution in [0, 0.1) is 0 Å². The second-order valence-corrected chi connectivity index (χ2v) is 7.73. The summed E-state index contributed by atoms with van der Waals surface area (Å²) in [6.45, 7) is 4.11. The summed E-state index contributed by atoms with van der Waals surface area (Å²) in [4.78, 5) is 24.6. The maximum atomic E-state index is 12.6. The minimum atomic E-state index is -0.204. The molecule has 0 unspecified atom stereocenters. The van der Waals surface area contributed by atoms with Crippen LogP contribution >= 0.6 is 0 Å². The van der Waals surface area contributed by atoms with E-state index in [9.17, 15) is 9.59 Å². The van der Waals surface area contributed by atoms with Gasteiger partial charge in [0.1, 0.15) is 0 Å². The number of nitrogens with zero attached hydrogens (tertiary/aromatic N) is 1. The predicted molar refractivity (Wildman–Crippen MR) is 125 cm³/mol. The summed E-state index contributed by atoms with van der Waals surface area (Å²) in [6.07, 6.45) is 11.3. The number of hydrogen-bond donors (Lipinski definition) is 2. The van der Waals surface area contributed by atoms with E-state index in [2.05, 4.69) is 28.2 Å². The van der Waals surface area contributed by atoms with Crippen LogP contribution in [0.5, 0.6) is 0 Å². The van der Waals surface area contributed by atoms with Crippen molar-refractivity contribution in [3.05, 3.63) is 101 Å². The van der Waals surface area contributed by atoms with Crippen molar-refractivity contribution in [2.45, 2.75) is 31.7 Å². The Bertz CT molecular complexity index is 1220. The smallest absolute Gasteiger partial charge is 0.272 e. The molecule has 0 saturated carbocycles. The molecule has 156 valence electrons. The van der Waals surface area contributed by atoms with Gasteiger partial charge in [-0.05, 0) is 36.5 Å². The summed E-state index contributed by atoms with van der Waals surface area (Å²) in [5.74, 6) is -0.0212. The third-order valence-corrected chi connectivity index (χ3v) is 5.49. The third kappa shape index (κ3) is 4.89. The van der Waals surface area contributed by atoms with E-state index < -0.39 is 0 Å². The topological polar surface area (TPSA) is 74.8 Å². The number of benzene rings is 2. The number of nitrogens with one attached hydrogen (secondary N) is 2. The van der Waals surface area contributed by atoms with Crippen LogP contribution in [0.25, 0.3) is 22.0 Å². The van der Waals surface area contributed by atoms with Crippen LogP contribution in [0.2, 0.25) is 0 Å². The molecule has 5 heteroatoms. The monoisotopic (exact) mass is 411 g/mol. The van der Waals surface area contributed by atoms with Crippen LogP contribution in [-0.4, -0.2) is 22.1 Å². The van der Waals surface area contributed by atoms with Crippen LogP contribution in [0.15, 0.2) is 89.8 Å². The molecule has 3 aromatic rings. The molecule has 4 rings (SSSR count). The molecule has 1 heterocycles. The minimum Gasteiger partial charge on any atom is -0.349 e. The second kappa shape index (κ2) is 9.39. The zero-order valence-corrected chi connectivity index (χ0v) is 17.3. The molecule has 0 fully saturated rings. The van der Waals surface area contributed by atoms with Gasteiger partial charge in [0, 0.05) is 10.9 Å². The molecule has 1 aliphatic rings. The molecule has 1 atom stereocenters. The van der Waals surface area contributed by atoms with Gasteiger partial charge in [-0.3, -0.25) is 9.59 Å². The lowest BCUT2D eigenvalue weighted by atomic mass is 10.0. The molecule has 31 heavy (non-hydrogen) atoms. The maximum absolute atomic E-state index is 12.6. The number of rotatable bonds is 4. The first kappa shape index (κ1) is 20.5. The number of hydrogen-bond acceptors (Lipinski definition) is 3. The molecule has 0 saturated heterocycles. The number of aromatic nitrogens is 2. The van der Waals surface area contributed by atoms with Gasteiger partial charge in [0.2, 0.25) is 5.91 Å². The average molecular weight is 412 g/mol. The van der Waals surface area contributed by atoms with Crippen LogP contribution < -0.4 is 10.9 Å². The maximum Gasteiger partial charge on any atom is 0.272 e. The molecule has 5 nitrogen and oxygen atoms in total. The summed E-state index contributed by atoms with van der Waals surface area (Å²) < 4.78 is 0. The van der Waals surface area contributed by atoms with Gasteiger partial charge in [-0.25, -0.2) is 5.10 Å². The Balaban J connectivity index is 1.47. The third-order valence-electron chi connectivity index (χ3n) is 5.49. The number of fused-ring (bicyclic) bond motifs is 1. The van der Waals surface area contributed by atoms with Crippen LogP contribution in [0.4, 0.5) is 0 Å². The van der Waals surface area contributed by atoms with Crippen LogP contribution in [-0.2, 0) is 11.2 Å². The zero-order valence-electron chi connectivity index (χ0n) is 17.3. The predicted octanol–water partition coefficient (Wildman–Crippen LogP) is 4.47. The van der Waals surface area contributed by atoms with Crippen molar-refractivity contribution in [2.75, 3.05) is 0 Å². The largest absolute Gasteiger partial charge is 0.349 e. The van der Waals surface area contributed by atoms with Crippen molar-refractivity contribution in [3.8, 4) is 11.3 Å². The van der Waals surface area contributed by atoms with Crippen molar-refractivity contribution < 1.29 is 4.79 Å². The first-order valence-electron chi connectivity index (χ1n) is 10.5. The van der Waals surface area contributed by atoms with Gasteiger partial charge in [0.25, 0.3) is 5.56 Å². The van der Waals surface area contributed by atoms with Crippen molar-refractivity contribution >= 4 is 16.7 Å². The van der Waals surface area contributed by atoms with Gasteiger partial charge in [-0.15, -0.1) is 0 Å². The Morgan fingerprint density at radius 1 is 1.10 bits per heavy atom. The van der Waals surface area contributed by atoms with Gasteiger partial charge < -0.3 is 5.32 Å². The van der Waals surface area contributed by atoms with Crippen molar-refractivity contribution in [1.29, 1.82) is 0 Å². The molecule has 2 aromatic carbocycles. The van der Waals surface area contributed by atoms with Gasteiger partial charge in [-0.2, -0.15) is 5.10 Å². The van der Waals surface area contributed by atoms with Crippen molar-refractivity contribution in [1.82, 2.24) is 15.5 Å². The van der Waals surface area contributed by atoms with E-state index in [1.807, 2.05) is 60.7 Å². The summed E-state index contributed by atoms with van der Waals surface area (Å²) >= 11 is 0. The van der Waals surface area contributed by atoms with E-state index in [4.69, 9.17) is 0 Å². The second-order valence-electron chi connectivity index (χ2n) is 7.73. The average Bonchev–Trinajstić information content (AvgIpc) is 2.88. The van der Waals surface area contributed by atoms with E-state index in [0.717, 1.165) is 41.3 Å². The Kier molecular flexibility index (Phi) is 6.22. The first-order valence-corrected chi connectivity index (χ1v) is 10.5. The standard InChI is InChI=1S/C26H25N3O2/c1-18-9-5-3-2-4-6-12-23(18)27-24(30)17-19-13-15-20(16-14-19)25-21-10-7-8-11-22(21)26(31)29-28-25/h2-3,5,7-11,13-16,23H,1,4,6,12,17H2,(H,27,30)(H,29,31)/b3-2-,9-5-/t23-/m1/s1. The molecule has 1 amide bonds. The lowest BCUT2D eigenvalue weighted by molar-refractivity contribution is -0.120. The minimum absolute atomic E-state index is 0.0212. The fraction of sp³-hybridized carbons (Fsp3) is 0.192. The normalized spacial score (nSPS) is 18.6. The van der Waals surface area contributed by atoms with Crippen molar-refractivity contribution in [3.63, 3.8) is 0 Å².